The number of rotatable bonds is 3. The second kappa shape index (κ2) is 6.19. The number of aromatic nitrogens is 2. The molecule has 0 bridgehead atoms. The van der Waals surface area contributed by atoms with Crippen molar-refractivity contribution in [2.24, 2.45) is 0 Å². The molecule has 1 aromatic carbocycles. The number of halogens is 1. The molecule has 0 spiro atoms. The molecule has 1 aliphatic rings. The third kappa shape index (κ3) is 2.90. The van der Waals surface area contributed by atoms with Gasteiger partial charge in [-0.05, 0) is 41.8 Å². The van der Waals surface area contributed by atoms with Crippen molar-refractivity contribution in [2.75, 3.05) is 6.54 Å². The smallest absolute Gasteiger partial charge is 0.152 e. The second-order valence-corrected chi connectivity index (χ2v) is 6.27. The van der Waals surface area contributed by atoms with E-state index < -0.39 is 0 Å². The molecule has 2 aromatic heterocycles. The SMILES string of the molecule is Clc1ncccc1-n1cccc1CN1CCc2ccccc2C1. The van der Waals surface area contributed by atoms with Gasteiger partial charge in [0.1, 0.15) is 0 Å². The summed E-state index contributed by atoms with van der Waals surface area (Å²) in [6, 6.07) is 16.9. The second-order valence-electron chi connectivity index (χ2n) is 5.91. The lowest BCUT2D eigenvalue weighted by molar-refractivity contribution is 0.241. The molecule has 4 heteroatoms. The summed E-state index contributed by atoms with van der Waals surface area (Å²) in [6.45, 7) is 3.00. The van der Waals surface area contributed by atoms with Crippen LogP contribution in [0.15, 0.2) is 60.9 Å². The van der Waals surface area contributed by atoms with Crippen molar-refractivity contribution in [1.82, 2.24) is 14.5 Å². The number of hydrogen-bond acceptors (Lipinski definition) is 2. The first-order valence-corrected chi connectivity index (χ1v) is 8.25. The maximum Gasteiger partial charge on any atom is 0.152 e. The van der Waals surface area contributed by atoms with Crippen LogP contribution in [0.4, 0.5) is 0 Å². The normalized spacial score (nSPS) is 14.7. The molecule has 0 amide bonds. The maximum absolute atomic E-state index is 6.25. The summed E-state index contributed by atoms with van der Waals surface area (Å²) in [6.07, 6.45) is 4.89. The molecular formula is C19H18ClN3. The van der Waals surface area contributed by atoms with Gasteiger partial charge < -0.3 is 4.57 Å². The van der Waals surface area contributed by atoms with E-state index >= 15 is 0 Å². The quantitative estimate of drug-likeness (QED) is 0.677. The molecule has 0 fully saturated rings. The van der Waals surface area contributed by atoms with Crippen molar-refractivity contribution in [1.29, 1.82) is 0 Å². The molecule has 1 aliphatic heterocycles. The number of pyridine rings is 1. The fourth-order valence-corrected chi connectivity index (χ4v) is 3.47. The molecule has 3 nitrogen and oxygen atoms in total. The van der Waals surface area contributed by atoms with Crippen molar-refractivity contribution in [3.8, 4) is 5.69 Å². The van der Waals surface area contributed by atoms with E-state index in [1.54, 1.807) is 6.20 Å². The van der Waals surface area contributed by atoms with Crippen LogP contribution in [0.2, 0.25) is 5.15 Å². The van der Waals surface area contributed by atoms with Crippen LogP contribution < -0.4 is 0 Å². The fourth-order valence-electron chi connectivity index (χ4n) is 3.26. The standard InChI is InChI=1S/C19H18ClN3/c20-19-18(8-3-10-21-19)23-11-4-7-17(23)14-22-12-9-15-5-1-2-6-16(15)13-22/h1-8,10-11H,9,12-14H2. The molecule has 0 aliphatic carbocycles. The van der Waals surface area contributed by atoms with Gasteiger partial charge in [-0.25, -0.2) is 4.98 Å². The number of nitrogens with zero attached hydrogens (tertiary/aromatic N) is 3. The molecule has 23 heavy (non-hydrogen) atoms. The van der Waals surface area contributed by atoms with Crippen LogP contribution >= 0.6 is 11.6 Å². The molecular weight excluding hydrogens is 306 g/mol. The Kier molecular flexibility index (Phi) is 3.90. The summed E-state index contributed by atoms with van der Waals surface area (Å²) in [5, 5.41) is 0.536. The largest absolute Gasteiger partial charge is 0.317 e. The van der Waals surface area contributed by atoms with Gasteiger partial charge in [0.15, 0.2) is 5.15 Å². The first-order chi connectivity index (χ1) is 11.3. The van der Waals surface area contributed by atoms with Crippen molar-refractivity contribution < 1.29 is 0 Å². The van der Waals surface area contributed by atoms with Gasteiger partial charge in [0.25, 0.3) is 0 Å². The van der Waals surface area contributed by atoms with Crippen LogP contribution in [0.25, 0.3) is 5.69 Å². The van der Waals surface area contributed by atoms with Gasteiger partial charge in [-0.3, -0.25) is 4.90 Å². The van der Waals surface area contributed by atoms with Crippen LogP contribution in [0.1, 0.15) is 16.8 Å². The van der Waals surface area contributed by atoms with Crippen molar-refractivity contribution in [3.05, 3.63) is 82.9 Å². The van der Waals surface area contributed by atoms with E-state index in [0.717, 1.165) is 31.7 Å². The summed E-state index contributed by atoms with van der Waals surface area (Å²) in [5.41, 5.74) is 5.09. The van der Waals surface area contributed by atoms with E-state index in [1.165, 1.54) is 16.8 Å². The van der Waals surface area contributed by atoms with Crippen molar-refractivity contribution >= 4 is 11.6 Å². The third-order valence-corrected chi connectivity index (χ3v) is 4.72. The zero-order valence-electron chi connectivity index (χ0n) is 12.8. The van der Waals surface area contributed by atoms with Crippen LogP contribution in [-0.4, -0.2) is 21.0 Å². The summed E-state index contributed by atoms with van der Waals surface area (Å²) in [5.74, 6) is 0. The predicted octanol–water partition coefficient (Wildman–Crippen LogP) is 4.08. The van der Waals surface area contributed by atoms with Crippen molar-refractivity contribution in [3.63, 3.8) is 0 Å². The Hall–Kier alpha value is -2.10. The highest BCUT2D eigenvalue weighted by Crippen LogP contribution is 2.23. The Balaban J connectivity index is 1.58. The minimum absolute atomic E-state index is 0.536. The van der Waals surface area contributed by atoms with Gasteiger partial charge >= 0.3 is 0 Å². The number of benzene rings is 1. The van der Waals surface area contributed by atoms with E-state index in [9.17, 15) is 0 Å². The minimum atomic E-state index is 0.536. The highest BCUT2D eigenvalue weighted by atomic mass is 35.5. The summed E-state index contributed by atoms with van der Waals surface area (Å²) in [7, 11) is 0. The summed E-state index contributed by atoms with van der Waals surface area (Å²) >= 11 is 6.25. The third-order valence-electron chi connectivity index (χ3n) is 4.43. The number of fused-ring (bicyclic) bond motifs is 1. The average Bonchev–Trinajstić information content (AvgIpc) is 3.03. The Morgan fingerprint density at radius 2 is 1.87 bits per heavy atom. The first kappa shape index (κ1) is 14.5. The lowest BCUT2D eigenvalue weighted by Crippen LogP contribution is -2.30. The highest BCUT2D eigenvalue weighted by molar-refractivity contribution is 6.31. The Bertz CT molecular complexity index is 825. The summed E-state index contributed by atoms with van der Waals surface area (Å²) < 4.78 is 2.13. The first-order valence-electron chi connectivity index (χ1n) is 7.87. The van der Waals surface area contributed by atoms with Gasteiger partial charge in [-0.15, -0.1) is 0 Å². The van der Waals surface area contributed by atoms with Crippen LogP contribution in [0.3, 0.4) is 0 Å². The van der Waals surface area contributed by atoms with E-state index in [1.807, 2.05) is 12.1 Å². The summed E-state index contributed by atoms with van der Waals surface area (Å²) in [4.78, 5) is 6.67. The Labute approximate surface area is 141 Å². The molecule has 116 valence electrons. The molecule has 0 N–H and O–H groups in total. The molecule has 3 aromatic rings. The predicted molar refractivity (Wildman–Crippen MR) is 92.8 cm³/mol. The minimum Gasteiger partial charge on any atom is -0.317 e. The van der Waals surface area contributed by atoms with Crippen LogP contribution in [0, 0.1) is 0 Å². The monoisotopic (exact) mass is 323 g/mol. The molecule has 4 rings (SSSR count). The lowest BCUT2D eigenvalue weighted by Gasteiger charge is -2.29. The van der Waals surface area contributed by atoms with Gasteiger partial charge in [-0.2, -0.15) is 0 Å². The van der Waals surface area contributed by atoms with E-state index in [4.69, 9.17) is 11.6 Å². The molecule has 0 saturated heterocycles. The molecule has 3 heterocycles. The van der Waals surface area contributed by atoms with Gasteiger partial charge in [-0.1, -0.05) is 35.9 Å². The lowest BCUT2D eigenvalue weighted by atomic mass is 10.00. The van der Waals surface area contributed by atoms with E-state index in [0.29, 0.717) is 5.15 Å². The zero-order valence-corrected chi connectivity index (χ0v) is 13.6. The zero-order chi connectivity index (χ0) is 15.6. The average molecular weight is 324 g/mol. The Morgan fingerprint density at radius 1 is 1.00 bits per heavy atom. The fraction of sp³-hybridized carbons (Fsp3) is 0.211. The maximum atomic E-state index is 6.25. The van der Waals surface area contributed by atoms with Gasteiger partial charge in [0, 0.05) is 37.7 Å². The van der Waals surface area contributed by atoms with Gasteiger partial charge in [0.2, 0.25) is 0 Å². The topological polar surface area (TPSA) is 21.1 Å². The molecule has 0 saturated carbocycles. The number of hydrogen-bond donors (Lipinski definition) is 0. The molecule has 0 unspecified atom stereocenters. The van der Waals surface area contributed by atoms with Crippen LogP contribution in [-0.2, 0) is 19.5 Å². The highest BCUT2D eigenvalue weighted by Gasteiger charge is 2.17. The van der Waals surface area contributed by atoms with E-state index in [-0.39, 0.29) is 0 Å². The van der Waals surface area contributed by atoms with E-state index in [2.05, 4.69) is 57.0 Å². The van der Waals surface area contributed by atoms with Crippen LogP contribution in [0.5, 0.6) is 0 Å². The van der Waals surface area contributed by atoms with Crippen molar-refractivity contribution in [2.45, 2.75) is 19.5 Å². The molecule has 0 radical (unpaired) electrons. The molecule has 0 atom stereocenters. The van der Waals surface area contributed by atoms with Gasteiger partial charge in [0.05, 0.1) is 5.69 Å². The Morgan fingerprint density at radius 3 is 2.74 bits per heavy atom.